The van der Waals surface area contributed by atoms with Gasteiger partial charge in [-0.1, -0.05) is 34.8 Å². The number of amides is 1. The number of carbonyl (C=O) groups is 1. The summed E-state index contributed by atoms with van der Waals surface area (Å²) in [4.78, 5) is 12.0. The van der Waals surface area contributed by atoms with Crippen molar-refractivity contribution in [1.29, 1.82) is 0 Å². The number of nitrogens with one attached hydrogen (secondary N) is 1. The summed E-state index contributed by atoms with van der Waals surface area (Å²) in [6, 6.07) is 7.48. The molecule has 0 aliphatic carbocycles. The minimum Gasteiger partial charge on any atom is -0.322 e. The summed E-state index contributed by atoms with van der Waals surface area (Å²) >= 11 is 19.3. The van der Waals surface area contributed by atoms with Crippen LogP contribution in [0.3, 0.4) is 0 Å². The van der Waals surface area contributed by atoms with Gasteiger partial charge in [0.15, 0.2) is 5.82 Å². The smallest absolute Gasteiger partial charge is 0.255 e. The van der Waals surface area contributed by atoms with Gasteiger partial charge in [0.1, 0.15) is 0 Å². The summed E-state index contributed by atoms with van der Waals surface area (Å²) in [6.45, 7) is 0. The molecule has 0 fully saturated rings. The van der Waals surface area contributed by atoms with E-state index >= 15 is 0 Å². The van der Waals surface area contributed by atoms with Crippen molar-refractivity contribution >= 4 is 69.0 Å². The Balaban J connectivity index is 2.25. The molecule has 0 atom stereocenters. The van der Waals surface area contributed by atoms with Crippen LogP contribution in [-0.4, -0.2) is 5.91 Å². The number of benzene rings is 2. The molecular formula is C13H6Cl3FINO. The molecule has 0 saturated carbocycles. The first-order chi connectivity index (χ1) is 9.38. The van der Waals surface area contributed by atoms with Gasteiger partial charge in [-0.05, 0) is 52.9 Å². The average molecular weight is 444 g/mol. The van der Waals surface area contributed by atoms with Crippen molar-refractivity contribution in [2.45, 2.75) is 0 Å². The predicted octanol–water partition coefficient (Wildman–Crippen LogP) is 5.64. The molecule has 104 valence electrons. The van der Waals surface area contributed by atoms with Crippen molar-refractivity contribution < 1.29 is 9.18 Å². The minimum atomic E-state index is -0.719. The highest BCUT2D eigenvalue weighted by molar-refractivity contribution is 14.1. The summed E-state index contributed by atoms with van der Waals surface area (Å²) in [6.07, 6.45) is 0. The zero-order valence-corrected chi connectivity index (χ0v) is 14.1. The third kappa shape index (κ3) is 3.55. The van der Waals surface area contributed by atoms with E-state index in [1.54, 1.807) is 18.2 Å². The maximum atomic E-state index is 13.3. The van der Waals surface area contributed by atoms with Crippen LogP contribution >= 0.6 is 57.4 Å². The van der Waals surface area contributed by atoms with Gasteiger partial charge in [-0.2, -0.15) is 0 Å². The molecule has 0 bridgehead atoms. The van der Waals surface area contributed by atoms with Crippen molar-refractivity contribution in [1.82, 2.24) is 0 Å². The first kappa shape index (κ1) is 15.8. The minimum absolute atomic E-state index is 0.159. The second-order valence-electron chi connectivity index (χ2n) is 3.84. The Morgan fingerprint density at radius 1 is 1.05 bits per heavy atom. The normalized spacial score (nSPS) is 10.4. The SMILES string of the molecule is O=C(Nc1cc(Cl)c(F)c(Cl)c1)c1ccc(I)c(Cl)c1. The first-order valence-electron chi connectivity index (χ1n) is 5.29. The Hall–Kier alpha value is -0.560. The quantitative estimate of drug-likeness (QED) is 0.471. The molecule has 0 unspecified atom stereocenters. The van der Waals surface area contributed by atoms with Crippen LogP contribution < -0.4 is 5.32 Å². The standard InChI is InChI=1S/C13H6Cl3FINO/c14-8-3-6(1-2-11(8)18)13(20)19-7-4-9(15)12(17)10(16)5-7/h1-5H,(H,19,20). The van der Waals surface area contributed by atoms with E-state index in [1.165, 1.54) is 12.1 Å². The van der Waals surface area contributed by atoms with Gasteiger partial charge in [-0.25, -0.2) is 4.39 Å². The summed E-state index contributed by atoms with van der Waals surface area (Å²) < 4.78 is 14.1. The van der Waals surface area contributed by atoms with Crippen LogP contribution in [0.25, 0.3) is 0 Å². The molecule has 2 aromatic carbocycles. The van der Waals surface area contributed by atoms with Gasteiger partial charge in [0, 0.05) is 14.8 Å². The van der Waals surface area contributed by atoms with Gasteiger partial charge in [-0.15, -0.1) is 0 Å². The Kier molecular flexibility index (Phi) is 5.12. The molecule has 2 rings (SSSR count). The summed E-state index contributed by atoms with van der Waals surface area (Å²) in [5.74, 6) is -1.11. The number of hydrogen-bond donors (Lipinski definition) is 1. The average Bonchev–Trinajstić information content (AvgIpc) is 2.39. The van der Waals surface area contributed by atoms with E-state index in [0.717, 1.165) is 3.57 Å². The fraction of sp³-hybridized carbons (Fsp3) is 0. The summed E-state index contributed by atoms with van der Waals surface area (Å²) in [7, 11) is 0. The second-order valence-corrected chi connectivity index (χ2v) is 6.22. The van der Waals surface area contributed by atoms with Crippen LogP contribution in [0, 0.1) is 9.39 Å². The van der Waals surface area contributed by atoms with Gasteiger partial charge in [-0.3, -0.25) is 4.79 Å². The Morgan fingerprint density at radius 2 is 1.65 bits per heavy atom. The lowest BCUT2D eigenvalue weighted by Gasteiger charge is -2.08. The largest absolute Gasteiger partial charge is 0.322 e. The van der Waals surface area contributed by atoms with E-state index in [1.807, 2.05) is 0 Å². The molecule has 20 heavy (non-hydrogen) atoms. The zero-order valence-electron chi connectivity index (χ0n) is 9.68. The number of anilines is 1. The van der Waals surface area contributed by atoms with Gasteiger partial charge in [0.2, 0.25) is 0 Å². The molecule has 1 N–H and O–H groups in total. The second kappa shape index (κ2) is 6.47. The number of halogens is 5. The first-order valence-corrected chi connectivity index (χ1v) is 7.50. The molecule has 0 aromatic heterocycles. The van der Waals surface area contributed by atoms with Crippen LogP contribution in [0.1, 0.15) is 10.4 Å². The molecule has 2 aromatic rings. The molecule has 2 nitrogen and oxygen atoms in total. The van der Waals surface area contributed by atoms with Crippen molar-refractivity contribution in [2.24, 2.45) is 0 Å². The lowest BCUT2D eigenvalue weighted by Crippen LogP contribution is -2.12. The van der Waals surface area contributed by atoms with Gasteiger partial charge in [0.25, 0.3) is 5.91 Å². The summed E-state index contributed by atoms with van der Waals surface area (Å²) in [5, 5.41) is 2.74. The maximum Gasteiger partial charge on any atom is 0.255 e. The fourth-order valence-electron chi connectivity index (χ4n) is 1.47. The molecule has 0 saturated heterocycles. The Labute approximate surface area is 143 Å². The van der Waals surface area contributed by atoms with Crippen molar-refractivity contribution in [3.05, 3.63) is 60.4 Å². The Morgan fingerprint density at radius 3 is 2.20 bits per heavy atom. The van der Waals surface area contributed by atoms with E-state index < -0.39 is 5.82 Å². The van der Waals surface area contributed by atoms with Gasteiger partial charge < -0.3 is 5.32 Å². The van der Waals surface area contributed by atoms with E-state index in [9.17, 15) is 9.18 Å². The van der Waals surface area contributed by atoms with Crippen molar-refractivity contribution in [3.8, 4) is 0 Å². The topological polar surface area (TPSA) is 29.1 Å². The molecule has 0 radical (unpaired) electrons. The van der Waals surface area contributed by atoms with E-state index in [4.69, 9.17) is 34.8 Å². The van der Waals surface area contributed by atoms with Crippen LogP contribution in [0.15, 0.2) is 30.3 Å². The lowest BCUT2D eigenvalue weighted by molar-refractivity contribution is 0.102. The third-order valence-corrected chi connectivity index (χ3v) is 4.55. The van der Waals surface area contributed by atoms with Crippen molar-refractivity contribution in [3.63, 3.8) is 0 Å². The molecule has 7 heteroatoms. The van der Waals surface area contributed by atoms with E-state index in [0.29, 0.717) is 16.3 Å². The number of hydrogen-bond acceptors (Lipinski definition) is 1. The van der Waals surface area contributed by atoms with Crippen LogP contribution in [-0.2, 0) is 0 Å². The molecule has 0 heterocycles. The van der Waals surface area contributed by atoms with Gasteiger partial charge >= 0.3 is 0 Å². The van der Waals surface area contributed by atoms with Crippen LogP contribution in [0.4, 0.5) is 10.1 Å². The highest BCUT2D eigenvalue weighted by Crippen LogP contribution is 2.28. The molecule has 0 aliphatic heterocycles. The monoisotopic (exact) mass is 443 g/mol. The van der Waals surface area contributed by atoms with E-state index in [2.05, 4.69) is 27.9 Å². The number of rotatable bonds is 2. The van der Waals surface area contributed by atoms with Crippen molar-refractivity contribution in [2.75, 3.05) is 5.32 Å². The molecular weight excluding hydrogens is 438 g/mol. The molecule has 0 aliphatic rings. The molecule has 0 spiro atoms. The van der Waals surface area contributed by atoms with Gasteiger partial charge in [0.05, 0.1) is 15.1 Å². The predicted molar refractivity (Wildman–Crippen MR) is 88.5 cm³/mol. The number of carbonyl (C=O) groups excluding carboxylic acids is 1. The third-order valence-electron chi connectivity index (χ3n) is 2.42. The highest BCUT2D eigenvalue weighted by Gasteiger charge is 2.12. The highest BCUT2D eigenvalue weighted by atomic mass is 127. The maximum absolute atomic E-state index is 13.3. The molecule has 1 amide bonds. The van der Waals surface area contributed by atoms with Crippen LogP contribution in [0.5, 0.6) is 0 Å². The summed E-state index contributed by atoms with van der Waals surface area (Å²) in [5.41, 5.74) is 0.688. The van der Waals surface area contributed by atoms with Crippen LogP contribution in [0.2, 0.25) is 15.1 Å². The zero-order chi connectivity index (χ0) is 14.9. The van der Waals surface area contributed by atoms with E-state index in [-0.39, 0.29) is 16.0 Å². The Bertz CT molecular complexity index is 670. The lowest BCUT2D eigenvalue weighted by atomic mass is 10.2. The fourth-order valence-corrected chi connectivity index (χ4v) is 2.47.